The summed E-state index contributed by atoms with van der Waals surface area (Å²) in [5, 5.41) is 4.12. The molecule has 2 saturated heterocycles. The number of aromatic nitrogens is 1. The van der Waals surface area contributed by atoms with Crippen molar-refractivity contribution < 1.29 is 0 Å². The minimum Gasteiger partial charge on any atom is -0.355 e. The van der Waals surface area contributed by atoms with Crippen LogP contribution in [0.15, 0.2) is 16.7 Å². The number of hydrogen-bond donors (Lipinski definition) is 1. The Bertz CT molecular complexity index is 400. The molecule has 3 nitrogen and oxygen atoms in total. The van der Waals surface area contributed by atoms with Crippen LogP contribution in [0.1, 0.15) is 0 Å². The lowest BCUT2D eigenvalue weighted by molar-refractivity contribution is 0.533. The van der Waals surface area contributed by atoms with Crippen LogP contribution in [0.2, 0.25) is 5.02 Å². The zero-order chi connectivity index (χ0) is 11.1. The highest BCUT2D eigenvalue weighted by molar-refractivity contribution is 9.10. The molecule has 3 rings (SSSR count). The third-order valence-electron chi connectivity index (χ3n) is 3.48. The Balaban J connectivity index is 1.83. The number of fused-ring (bicyclic) bond motifs is 1. The minimum absolute atomic E-state index is 0.677. The number of hydrogen-bond acceptors (Lipinski definition) is 3. The van der Waals surface area contributed by atoms with Crippen molar-refractivity contribution >= 4 is 33.3 Å². The van der Waals surface area contributed by atoms with Crippen LogP contribution in [-0.4, -0.2) is 31.2 Å². The number of nitrogens with one attached hydrogen (secondary N) is 1. The highest BCUT2D eigenvalue weighted by Gasteiger charge is 2.37. The normalized spacial score (nSPS) is 28.5. The van der Waals surface area contributed by atoms with Gasteiger partial charge in [0, 0.05) is 32.4 Å². The van der Waals surface area contributed by atoms with Gasteiger partial charge in [-0.25, -0.2) is 4.98 Å². The molecule has 2 aliphatic heterocycles. The summed E-state index contributed by atoms with van der Waals surface area (Å²) in [7, 11) is 0. The Kier molecular flexibility index (Phi) is 2.81. The Morgan fingerprint density at radius 1 is 1.38 bits per heavy atom. The lowest BCUT2D eigenvalue weighted by Crippen LogP contribution is -2.26. The van der Waals surface area contributed by atoms with Crippen LogP contribution in [0, 0.1) is 11.8 Å². The fourth-order valence-electron chi connectivity index (χ4n) is 2.67. The van der Waals surface area contributed by atoms with E-state index in [0.717, 1.165) is 48.3 Å². The molecule has 3 heterocycles. The third-order valence-corrected chi connectivity index (χ3v) is 4.27. The summed E-state index contributed by atoms with van der Waals surface area (Å²) < 4.78 is 0.993. The van der Waals surface area contributed by atoms with E-state index < -0.39 is 0 Å². The van der Waals surface area contributed by atoms with Gasteiger partial charge < -0.3 is 10.2 Å². The van der Waals surface area contributed by atoms with Crippen molar-refractivity contribution in [3.05, 3.63) is 21.8 Å². The van der Waals surface area contributed by atoms with E-state index >= 15 is 0 Å². The van der Waals surface area contributed by atoms with E-state index in [2.05, 4.69) is 31.1 Å². The predicted molar refractivity (Wildman–Crippen MR) is 69.0 cm³/mol. The van der Waals surface area contributed by atoms with Crippen molar-refractivity contribution in [1.82, 2.24) is 10.3 Å². The minimum atomic E-state index is 0.677. The maximum atomic E-state index is 5.90. The SMILES string of the molecule is Clc1cnc(N2CC3CNCC3C2)c(Br)c1. The van der Waals surface area contributed by atoms with Crippen LogP contribution >= 0.6 is 27.5 Å². The first kappa shape index (κ1) is 10.8. The van der Waals surface area contributed by atoms with Crippen molar-refractivity contribution in [2.45, 2.75) is 0 Å². The molecule has 2 aliphatic rings. The largest absolute Gasteiger partial charge is 0.355 e. The molecular weight excluding hydrogens is 289 g/mol. The van der Waals surface area contributed by atoms with Gasteiger partial charge in [0.05, 0.1) is 9.50 Å². The van der Waals surface area contributed by atoms with Gasteiger partial charge >= 0.3 is 0 Å². The molecule has 0 bridgehead atoms. The fourth-order valence-corrected chi connectivity index (χ4v) is 3.56. The van der Waals surface area contributed by atoms with Gasteiger partial charge in [0.25, 0.3) is 0 Å². The average Bonchev–Trinajstić information content (AvgIpc) is 2.76. The second-order valence-corrected chi connectivity index (χ2v) is 5.83. The average molecular weight is 303 g/mol. The Morgan fingerprint density at radius 2 is 2.06 bits per heavy atom. The molecule has 5 heteroatoms. The van der Waals surface area contributed by atoms with Crippen LogP contribution in [0.25, 0.3) is 0 Å². The maximum absolute atomic E-state index is 5.90. The molecule has 1 aromatic heterocycles. The molecule has 2 atom stereocenters. The maximum Gasteiger partial charge on any atom is 0.142 e. The zero-order valence-corrected chi connectivity index (χ0v) is 11.1. The van der Waals surface area contributed by atoms with Gasteiger partial charge in [-0.2, -0.15) is 0 Å². The first-order valence-electron chi connectivity index (χ1n) is 5.51. The summed E-state index contributed by atoms with van der Waals surface area (Å²) in [6.07, 6.45) is 1.72. The summed E-state index contributed by atoms with van der Waals surface area (Å²) >= 11 is 9.43. The number of anilines is 1. The van der Waals surface area contributed by atoms with Crippen molar-refractivity contribution in [3.8, 4) is 0 Å². The topological polar surface area (TPSA) is 28.2 Å². The van der Waals surface area contributed by atoms with Crippen LogP contribution in [0.3, 0.4) is 0 Å². The summed E-state index contributed by atoms with van der Waals surface area (Å²) in [6.45, 7) is 4.49. The molecule has 0 saturated carbocycles. The molecule has 0 aliphatic carbocycles. The van der Waals surface area contributed by atoms with E-state index in [-0.39, 0.29) is 0 Å². The second-order valence-electron chi connectivity index (χ2n) is 4.54. The van der Waals surface area contributed by atoms with Gasteiger partial charge in [0.1, 0.15) is 5.82 Å². The summed E-state index contributed by atoms with van der Waals surface area (Å²) in [5.41, 5.74) is 0. The lowest BCUT2D eigenvalue weighted by atomic mass is 10.0. The van der Waals surface area contributed by atoms with E-state index in [1.165, 1.54) is 0 Å². The molecule has 1 aromatic rings. The first-order chi connectivity index (χ1) is 7.74. The number of rotatable bonds is 1. The quantitative estimate of drug-likeness (QED) is 0.861. The Labute approximate surface area is 108 Å². The van der Waals surface area contributed by atoms with Crippen molar-refractivity contribution in [2.24, 2.45) is 11.8 Å². The van der Waals surface area contributed by atoms with Gasteiger partial charge in [-0.3, -0.25) is 0 Å². The van der Waals surface area contributed by atoms with E-state index in [0.29, 0.717) is 5.02 Å². The van der Waals surface area contributed by atoms with Crippen LogP contribution in [0.4, 0.5) is 5.82 Å². The number of pyridine rings is 1. The first-order valence-corrected chi connectivity index (χ1v) is 6.68. The molecule has 0 aromatic carbocycles. The predicted octanol–water partition coefficient (Wildman–Crippen LogP) is 2.15. The number of halogens is 2. The van der Waals surface area contributed by atoms with E-state index in [9.17, 15) is 0 Å². The molecule has 2 unspecified atom stereocenters. The molecule has 86 valence electrons. The summed E-state index contributed by atoms with van der Waals surface area (Å²) in [4.78, 5) is 6.77. The highest BCUT2D eigenvalue weighted by atomic mass is 79.9. The number of nitrogens with zero attached hydrogens (tertiary/aromatic N) is 2. The molecule has 1 N–H and O–H groups in total. The van der Waals surface area contributed by atoms with Crippen LogP contribution in [-0.2, 0) is 0 Å². The van der Waals surface area contributed by atoms with Crippen molar-refractivity contribution in [1.29, 1.82) is 0 Å². The second kappa shape index (κ2) is 4.17. The van der Waals surface area contributed by atoms with Gasteiger partial charge in [0.15, 0.2) is 0 Å². The molecule has 16 heavy (non-hydrogen) atoms. The third kappa shape index (κ3) is 1.83. The van der Waals surface area contributed by atoms with Gasteiger partial charge in [0.2, 0.25) is 0 Å². The van der Waals surface area contributed by atoms with Gasteiger partial charge in [-0.15, -0.1) is 0 Å². The van der Waals surface area contributed by atoms with E-state index in [1.807, 2.05) is 6.07 Å². The highest BCUT2D eigenvalue weighted by Crippen LogP contribution is 2.33. The Hall–Kier alpha value is -0.320. The summed E-state index contributed by atoms with van der Waals surface area (Å²) in [6, 6.07) is 1.91. The lowest BCUT2D eigenvalue weighted by Gasteiger charge is -2.19. The van der Waals surface area contributed by atoms with Crippen LogP contribution in [0.5, 0.6) is 0 Å². The van der Waals surface area contributed by atoms with Gasteiger partial charge in [-0.1, -0.05) is 11.6 Å². The van der Waals surface area contributed by atoms with E-state index in [4.69, 9.17) is 11.6 Å². The fraction of sp³-hybridized carbons (Fsp3) is 0.545. The zero-order valence-electron chi connectivity index (χ0n) is 8.79. The standard InChI is InChI=1S/C11H13BrClN3/c12-10-1-9(13)4-15-11(10)16-5-7-2-14-3-8(7)6-16/h1,4,7-8,14H,2-3,5-6H2. The van der Waals surface area contributed by atoms with Crippen molar-refractivity contribution in [3.63, 3.8) is 0 Å². The molecular formula is C11H13BrClN3. The van der Waals surface area contributed by atoms with E-state index in [1.54, 1.807) is 6.20 Å². The smallest absolute Gasteiger partial charge is 0.142 e. The van der Waals surface area contributed by atoms with Crippen molar-refractivity contribution in [2.75, 3.05) is 31.1 Å². The van der Waals surface area contributed by atoms with Crippen LogP contribution < -0.4 is 10.2 Å². The molecule has 2 fully saturated rings. The molecule has 0 amide bonds. The summed E-state index contributed by atoms with van der Waals surface area (Å²) in [5.74, 6) is 2.59. The molecule has 0 spiro atoms. The van der Waals surface area contributed by atoms with Gasteiger partial charge in [-0.05, 0) is 33.8 Å². The Morgan fingerprint density at radius 3 is 2.69 bits per heavy atom. The monoisotopic (exact) mass is 301 g/mol. The molecule has 0 radical (unpaired) electrons.